The summed E-state index contributed by atoms with van der Waals surface area (Å²) in [6, 6.07) is 0. The molecule has 0 radical (unpaired) electrons. The molecule has 0 atom stereocenters. The van der Waals surface area contributed by atoms with Crippen LogP contribution in [-0.2, 0) is 11.8 Å². The van der Waals surface area contributed by atoms with E-state index < -0.39 is 5.60 Å². The van der Waals surface area contributed by atoms with Crippen molar-refractivity contribution in [2.45, 2.75) is 44.1 Å². The van der Waals surface area contributed by atoms with Gasteiger partial charge in [0.1, 0.15) is 0 Å². The second kappa shape index (κ2) is 6.70. The number of amides is 1. The Kier molecular flexibility index (Phi) is 4.95. The van der Waals surface area contributed by atoms with Gasteiger partial charge in [0.15, 0.2) is 0 Å². The van der Waals surface area contributed by atoms with Crippen LogP contribution >= 0.6 is 0 Å². The number of hydrogen-bond acceptors (Lipinski definition) is 3. The molecule has 1 aliphatic carbocycles. The van der Waals surface area contributed by atoms with Gasteiger partial charge in [0.2, 0.25) is 5.91 Å². The Morgan fingerprint density at radius 1 is 1.45 bits per heavy atom. The number of aryl methyl sites for hydroxylation is 1. The first kappa shape index (κ1) is 14.8. The standard InChI is InChI=1S/C15H23N3O2/c1-18-11-13(10-17-18)6-7-14(19)16-12-15(20)8-4-2-3-5-9-15/h6-7,10-11,20H,2-5,8-9,12H2,1H3,(H,16,19). The summed E-state index contributed by atoms with van der Waals surface area (Å²) in [4.78, 5) is 11.8. The van der Waals surface area contributed by atoms with Gasteiger partial charge in [0, 0.05) is 31.4 Å². The average Bonchev–Trinajstić information content (AvgIpc) is 2.71. The molecule has 1 heterocycles. The smallest absolute Gasteiger partial charge is 0.244 e. The Balaban J connectivity index is 1.80. The zero-order valence-corrected chi connectivity index (χ0v) is 12.0. The molecular formula is C15H23N3O2. The summed E-state index contributed by atoms with van der Waals surface area (Å²) in [5, 5.41) is 17.3. The molecule has 1 aliphatic rings. The zero-order chi connectivity index (χ0) is 14.4. The number of rotatable bonds is 4. The molecule has 5 nitrogen and oxygen atoms in total. The summed E-state index contributed by atoms with van der Waals surface area (Å²) in [7, 11) is 1.83. The van der Waals surface area contributed by atoms with Crippen molar-refractivity contribution in [2.24, 2.45) is 7.05 Å². The molecule has 0 saturated heterocycles. The van der Waals surface area contributed by atoms with Crippen LogP contribution < -0.4 is 5.32 Å². The number of aromatic nitrogens is 2. The van der Waals surface area contributed by atoms with Crippen LogP contribution in [0.5, 0.6) is 0 Å². The van der Waals surface area contributed by atoms with Gasteiger partial charge in [-0.3, -0.25) is 9.48 Å². The van der Waals surface area contributed by atoms with Crippen LogP contribution in [0.4, 0.5) is 0 Å². The minimum Gasteiger partial charge on any atom is -0.388 e. The first-order valence-corrected chi connectivity index (χ1v) is 7.24. The maximum absolute atomic E-state index is 11.8. The molecule has 0 spiro atoms. The molecule has 2 rings (SSSR count). The molecular weight excluding hydrogens is 254 g/mol. The molecule has 1 fully saturated rings. The third-order valence-electron chi connectivity index (χ3n) is 3.78. The first-order valence-electron chi connectivity index (χ1n) is 7.24. The van der Waals surface area contributed by atoms with E-state index in [1.54, 1.807) is 17.0 Å². The number of aliphatic hydroxyl groups is 1. The molecule has 1 aromatic heterocycles. The molecule has 110 valence electrons. The fraction of sp³-hybridized carbons (Fsp3) is 0.600. The normalized spacial score (nSPS) is 18.9. The third-order valence-corrected chi connectivity index (χ3v) is 3.78. The lowest BCUT2D eigenvalue weighted by molar-refractivity contribution is -0.117. The number of carbonyl (C=O) groups excluding carboxylic acids is 1. The van der Waals surface area contributed by atoms with E-state index in [1.165, 1.54) is 18.9 Å². The Morgan fingerprint density at radius 2 is 2.15 bits per heavy atom. The Morgan fingerprint density at radius 3 is 2.75 bits per heavy atom. The van der Waals surface area contributed by atoms with Gasteiger partial charge in [-0.05, 0) is 18.9 Å². The van der Waals surface area contributed by atoms with Crippen molar-refractivity contribution in [3.8, 4) is 0 Å². The zero-order valence-electron chi connectivity index (χ0n) is 12.0. The van der Waals surface area contributed by atoms with E-state index in [0.717, 1.165) is 31.2 Å². The number of carbonyl (C=O) groups is 1. The van der Waals surface area contributed by atoms with E-state index in [9.17, 15) is 9.90 Å². The fourth-order valence-corrected chi connectivity index (χ4v) is 2.57. The van der Waals surface area contributed by atoms with Crippen molar-refractivity contribution < 1.29 is 9.90 Å². The van der Waals surface area contributed by atoms with E-state index in [1.807, 2.05) is 13.2 Å². The van der Waals surface area contributed by atoms with Gasteiger partial charge in [-0.2, -0.15) is 5.10 Å². The van der Waals surface area contributed by atoms with Crippen molar-refractivity contribution in [2.75, 3.05) is 6.54 Å². The summed E-state index contributed by atoms with van der Waals surface area (Å²) in [5.41, 5.74) is 0.157. The van der Waals surface area contributed by atoms with Gasteiger partial charge in [-0.25, -0.2) is 0 Å². The molecule has 0 unspecified atom stereocenters. The third kappa shape index (κ3) is 4.49. The van der Waals surface area contributed by atoms with E-state index in [2.05, 4.69) is 10.4 Å². The molecule has 1 saturated carbocycles. The second-order valence-corrected chi connectivity index (χ2v) is 5.64. The highest BCUT2D eigenvalue weighted by molar-refractivity contribution is 5.91. The Bertz CT molecular complexity index is 471. The number of nitrogens with zero attached hydrogens (tertiary/aromatic N) is 2. The Labute approximate surface area is 119 Å². The van der Waals surface area contributed by atoms with Gasteiger partial charge in [-0.15, -0.1) is 0 Å². The molecule has 2 N–H and O–H groups in total. The SMILES string of the molecule is Cn1cc(C=CC(=O)NCC2(O)CCCCCC2)cn1. The summed E-state index contributed by atoms with van der Waals surface area (Å²) in [6.45, 7) is 0.337. The fourth-order valence-electron chi connectivity index (χ4n) is 2.57. The predicted octanol–water partition coefficient (Wildman–Crippen LogP) is 1.63. The Hall–Kier alpha value is -1.62. The lowest BCUT2D eigenvalue weighted by atomic mass is 9.94. The van der Waals surface area contributed by atoms with Crippen molar-refractivity contribution in [3.63, 3.8) is 0 Å². The van der Waals surface area contributed by atoms with Crippen molar-refractivity contribution in [3.05, 3.63) is 24.0 Å². The topological polar surface area (TPSA) is 67.2 Å². The highest BCUT2D eigenvalue weighted by atomic mass is 16.3. The van der Waals surface area contributed by atoms with E-state index >= 15 is 0 Å². The van der Waals surface area contributed by atoms with Gasteiger partial charge in [0.25, 0.3) is 0 Å². The highest BCUT2D eigenvalue weighted by Crippen LogP contribution is 2.26. The van der Waals surface area contributed by atoms with Crippen molar-refractivity contribution in [1.82, 2.24) is 15.1 Å². The van der Waals surface area contributed by atoms with Crippen LogP contribution in [0.25, 0.3) is 6.08 Å². The summed E-state index contributed by atoms with van der Waals surface area (Å²) < 4.78 is 1.69. The first-order chi connectivity index (χ1) is 9.57. The van der Waals surface area contributed by atoms with E-state index in [-0.39, 0.29) is 5.91 Å². The summed E-state index contributed by atoms with van der Waals surface area (Å²) >= 11 is 0. The van der Waals surface area contributed by atoms with Crippen LogP contribution in [0, 0.1) is 0 Å². The van der Waals surface area contributed by atoms with E-state index in [0.29, 0.717) is 6.54 Å². The second-order valence-electron chi connectivity index (χ2n) is 5.64. The lowest BCUT2D eigenvalue weighted by Crippen LogP contribution is -2.42. The molecule has 20 heavy (non-hydrogen) atoms. The largest absolute Gasteiger partial charge is 0.388 e. The van der Waals surface area contributed by atoms with Crippen molar-refractivity contribution in [1.29, 1.82) is 0 Å². The molecule has 5 heteroatoms. The minimum absolute atomic E-state index is 0.175. The molecule has 0 bridgehead atoms. The molecule has 1 aromatic rings. The van der Waals surface area contributed by atoms with Gasteiger partial charge < -0.3 is 10.4 Å². The molecule has 0 aliphatic heterocycles. The summed E-state index contributed by atoms with van der Waals surface area (Å²) in [6.07, 6.45) is 12.7. The van der Waals surface area contributed by atoms with Crippen LogP contribution in [0.1, 0.15) is 44.1 Å². The highest BCUT2D eigenvalue weighted by Gasteiger charge is 2.27. The molecule has 0 aromatic carbocycles. The van der Waals surface area contributed by atoms with Gasteiger partial charge in [0.05, 0.1) is 11.8 Å². The van der Waals surface area contributed by atoms with Gasteiger partial charge in [-0.1, -0.05) is 25.7 Å². The van der Waals surface area contributed by atoms with Crippen molar-refractivity contribution >= 4 is 12.0 Å². The number of hydrogen-bond donors (Lipinski definition) is 2. The quantitative estimate of drug-likeness (QED) is 0.649. The predicted molar refractivity (Wildman–Crippen MR) is 77.9 cm³/mol. The van der Waals surface area contributed by atoms with Crippen LogP contribution in [0.3, 0.4) is 0 Å². The number of nitrogens with one attached hydrogen (secondary N) is 1. The maximum atomic E-state index is 11.8. The summed E-state index contributed by atoms with van der Waals surface area (Å²) in [5.74, 6) is -0.175. The minimum atomic E-state index is -0.728. The van der Waals surface area contributed by atoms with E-state index in [4.69, 9.17) is 0 Å². The van der Waals surface area contributed by atoms with Gasteiger partial charge >= 0.3 is 0 Å². The van der Waals surface area contributed by atoms with Crippen LogP contribution in [0.2, 0.25) is 0 Å². The molecule has 1 amide bonds. The lowest BCUT2D eigenvalue weighted by Gasteiger charge is -2.26. The van der Waals surface area contributed by atoms with Crippen LogP contribution in [0.15, 0.2) is 18.5 Å². The maximum Gasteiger partial charge on any atom is 0.244 e. The monoisotopic (exact) mass is 277 g/mol. The average molecular weight is 277 g/mol. The van der Waals surface area contributed by atoms with Crippen LogP contribution in [-0.4, -0.2) is 32.9 Å².